The van der Waals surface area contributed by atoms with Gasteiger partial charge in [0.1, 0.15) is 4.60 Å². The predicted molar refractivity (Wildman–Crippen MR) is 69.9 cm³/mol. The molecule has 18 heavy (non-hydrogen) atoms. The minimum atomic E-state index is -2.61. The monoisotopic (exact) mass is 385 g/mol. The summed E-state index contributed by atoms with van der Waals surface area (Å²) in [5, 5.41) is 0.264. The van der Waals surface area contributed by atoms with Crippen molar-refractivity contribution in [1.82, 2.24) is 4.98 Å². The first-order valence-corrected chi connectivity index (χ1v) is 7.09. The van der Waals surface area contributed by atoms with Gasteiger partial charge >= 0.3 is 5.97 Å². The Morgan fingerprint density at radius 1 is 1.56 bits per heavy atom. The van der Waals surface area contributed by atoms with Gasteiger partial charge in [-0.15, -0.1) is 0 Å². The molecule has 0 aromatic carbocycles. The number of aromatic nitrogens is 1. The second-order valence-electron chi connectivity index (χ2n) is 3.39. The molecular formula is C11H11Br2F2NO2. The zero-order chi connectivity index (χ0) is 13.7. The van der Waals surface area contributed by atoms with E-state index in [1.54, 1.807) is 6.92 Å². The van der Waals surface area contributed by atoms with E-state index in [1.807, 2.05) is 0 Å². The van der Waals surface area contributed by atoms with Crippen LogP contribution in [0, 0.1) is 0 Å². The second-order valence-corrected chi connectivity index (χ2v) is 4.70. The van der Waals surface area contributed by atoms with Gasteiger partial charge in [0.25, 0.3) is 6.43 Å². The number of ether oxygens (including phenoxy) is 1. The summed E-state index contributed by atoms with van der Waals surface area (Å²) in [7, 11) is 0. The van der Waals surface area contributed by atoms with Crippen LogP contribution in [0.15, 0.2) is 10.7 Å². The number of hydrogen-bond donors (Lipinski definition) is 0. The standard InChI is InChI=1S/C11H11Br2F2NO2/c1-2-18-9(17)4-6-3-7(11(14)15)8(5-12)10(13)16-6/h3,11H,2,4-5H2,1H3. The number of nitrogens with zero attached hydrogens (tertiary/aromatic N) is 1. The Morgan fingerprint density at radius 3 is 2.72 bits per heavy atom. The third-order valence-corrected chi connectivity index (χ3v) is 3.38. The lowest BCUT2D eigenvalue weighted by Gasteiger charge is -2.10. The van der Waals surface area contributed by atoms with Gasteiger partial charge in [-0.2, -0.15) is 0 Å². The second kappa shape index (κ2) is 7.13. The molecule has 0 unspecified atom stereocenters. The van der Waals surface area contributed by atoms with Crippen LogP contribution in [0.2, 0.25) is 0 Å². The Hall–Kier alpha value is -0.560. The fourth-order valence-corrected chi connectivity index (χ4v) is 2.95. The molecule has 1 aromatic rings. The average Bonchev–Trinajstić information content (AvgIpc) is 2.28. The molecule has 0 saturated carbocycles. The van der Waals surface area contributed by atoms with Crippen molar-refractivity contribution in [2.45, 2.75) is 25.1 Å². The highest BCUT2D eigenvalue weighted by atomic mass is 79.9. The largest absolute Gasteiger partial charge is 0.466 e. The van der Waals surface area contributed by atoms with Crippen LogP contribution in [0.5, 0.6) is 0 Å². The summed E-state index contributed by atoms with van der Waals surface area (Å²) in [4.78, 5) is 15.3. The topological polar surface area (TPSA) is 39.2 Å². The van der Waals surface area contributed by atoms with Crippen molar-refractivity contribution in [2.24, 2.45) is 0 Å². The molecule has 0 radical (unpaired) electrons. The van der Waals surface area contributed by atoms with Crippen LogP contribution < -0.4 is 0 Å². The van der Waals surface area contributed by atoms with Crippen LogP contribution in [0.25, 0.3) is 0 Å². The van der Waals surface area contributed by atoms with Gasteiger partial charge in [0.05, 0.1) is 18.7 Å². The molecule has 100 valence electrons. The predicted octanol–water partition coefficient (Wildman–Crippen LogP) is 3.78. The molecule has 0 atom stereocenters. The highest BCUT2D eigenvalue weighted by Crippen LogP contribution is 2.30. The lowest BCUT2D eigenvalue weighted by Crippen LogP contribution is -2.10. The molecule has 0 aliphatic rings. The SMILES string of the molecule is CCOC(=O)Cc1cc(C(F)F)c(CBr)c(Br)n1. The maximum Gasteiger partial charge on any atom is 0.311 e. The van der Waals surface area contributed by atoms with E-state index in [9.17, 15) is 13.6 Å². The first kappa shape index (κ1) is 15.5. The van der Waals surface area contributed by atoms with Crippen molar-refractivity contribution < 1.29 is 18.3 Å². The van der Waals surface area contributed by atoms with E-state index in [0.717, 1.165) is 0 Å². The van der Waals surface area contributed by atoms with Crippen molar-refractivity contribution in [3.63, 3.8) is 0 Å². The Balaban J connectivity index is 3.05. The minimum Gasteiger partial charge on any atom is -0.466 e. The van der Waals surface area contributed by atoms with Gasteiger partial charge in [-0.1, -0.05) is 15.9 Å². The van der Waals surface area contributed by atoms with Crippen molar-refractivity contribution in [2.75, 3.05) is 6.61 Å². The molecule has 0 fully saturated rings. The van der Waals surface area contributed by atoms with E-state index in [0.29, 0.717) is 10.2 Å². The smallest absolute Gasteiger partial charge is 0.311 e. The van der Waals surface area contributed by atoms with Gasteiger partial charge in [-0.25, -0.2) is 13.8 Å². The maximum atomic E-state index is 12.9. The van der Waals surface area contributed by atoms with E-state index >= 15 is 0 Å². The summed E-state index contributed by atoms with van der Waals surface area (Å²) in [5.74, 6) is -0.483. The molecule has 1 heterocycles. The third-order valence-electron chi connectivity index (χ3n) is 2.16. The molecule has 0 N–H and O–H groups in total. The highest BCUT2D eigenvalue weighted by Gasteiger charge is 2.18. The summed E-state index contributed by atoms with van der Waals surface area (Å²) in [6.07, 6.45) is -2.73. The lowest BCUT2D eigenvalue weighted by molar-refractivity contribution is -0.142. The fourth-order valence-electron chi connectivity index (χ4n) is 1.39. The van der Waals surface area contributed by atoms with Crippen molar-refractivity contribution in [3.05, 3.63) is 27.5 Å². The van der Waals surface area contributed by atoms with Gasteiger partial charge in [0, 0.05) is 16.5 Å². The summed E-state index contributed by atoms with van der Waals surface area (Å²) in [6.45, 7) is 1.93. The van der Waals surface area contributed by atoms with Crippen LogP contribution in [0.4, 0.5) is 8.78 Å². The first-order valence-electron chi connectivity index (χ1n) is 5.17. The number of esters is 1. The minimum absolute atomic E-state index is 0.116. The van der Waals surface area contributed by atoms with E-state index in [2.05, 4.69) is 36.8 Å². The van der Waals surface area contributed by atoms with Crippen LogP contribution in [0.3, 0.4) is 0 Å². The summed E-state index contributed by atoms with van der Waals surface area (Å²) in [5.41, 5.74) is 0.519. The molecule has 3 nitrogen and oxygen atoms in total. The Bertz CT molecular complexity index is 441. The van der Waals surface area contributed by atoms with Crippen LogP contribution in [0.1, 0.15) is 30.2 Å². The normalized spacial score (nSPS) is 10.8. The molecular weight excluding hydrogens is 376 g/mol. The van der Waals surface area contributed by atoms with Gasteiger partial charge in [0.2, 0.25) is 0 Å². The summed E-state index contributed by atoms with van der Waals surface area (Å²) < 4.78 is 30.8. The number of carbonyl (C=O) groups excluding carboxylic acids is 1. The average molecular weight is 387 g/mol. The number of carbonyl (C=O) groups is 1. The molecule has 0 aliphatic carbocycles. The van der Waals surface area contributed by atoms with Gasteiger partial charge in [0.15, 0.2) is 0 Å². The highest BCUT2D eigenvalue weighted by molar-refractivity contribution is 9.10. The fraction of sp³-hybridized carbons (Fsp3) is 0.455. The summed E-state index contributed by atoms with van der Waals surface area (Å²) >= 11 is 6.26. The number of pyridine rings is 1. The third kappa shape index (κ3) is 3.98. The molecule has 0 saturated heterocycles. The van der Waals surface area contributed by atoms with Crippen molar-refractivity contribution in [1.29, 1.82) is 0 Å². The van der Waals surface area contributed by atoms with E-state index in [-0.39, 0.29) is 29.6 Å². The van der Waals surface area contributed by atoms with Crippen molar-refractivity contribution >= 4 is 37.8 Å². The first-order chi connectivity index (χ1) is 8.49. The molecule has 1 aromatic heterocycles. The number of alkyl halides is 3. The van der Waals surface area contributed by atoms with E-state index < -0.39 is 12.4 Å². The van der Waals surface area contributed by atoms with E-state index in [4.69, 9.17) is 4.74 Å². The van der Waals surface area contributed by atoms with Crippen LogP contribution in [-0.2, 0) is 21.3 Å². The zero-order valence-corrected chi connectivity index (χ0v) is 12.7. The van der Waals surface area contributed by atoms with Crippen molar-refractivity contribution in [3.8, 4) is 0 Å². The number of rotatable bonds is 5. The van der Waals surface area contributed by atoms with Gasteiger partial charge < -0.3 is 4.74 Å². The number of halogens is 4. The maximum absolute atomic E-state index is 12.9. The number of hydrogen-bond acceptors (Lipinski definition) is 3. The zero-order valence-electron chi connectivity index (χ0n) is 9.55. The molecule has 7 heteroatoms. The molecule has 0 spiro atoms. The van der Waals surface area contributed by atoms with Gasteiger partial charge in [-0.3, -0.25) is 4.79 Å². The molecule has 0 aliphatic heterocycles. The van der Waals surface area contributed by atoms with Gasteiger partial charge in [-0.05, 0) is 28.9 Å². The molecule has 1 rings (SSSR count). The quantitative estimate of drug-likeness (QED) is 0.439. The Kier molecular flexibility index (Phi) is 6.14. The lowest BCUT2D eigenvalue weighted by atomic mass is 10.1. The Labute approximate surface area is 120 Å². The van der Waals surface area contributed by atoms with Crippen LogP contribution in [-0.4, -0.2) is 17.6 Å². The molecule has 0 bridgehead atoms. The molecule has 0 amide bonds. The van der Waals surface area contributed by atoms with E-state index in [1.165, 1.54) is 6.07 Å². The Morgan fingerprint density at radius 2 is 2.22 bits per heavy atom. The summed E-state index contributed by atoms with van der Waals surface area (Å²) in [6, 6.07) is 1.24. The van der Waals surface area contributed by atoms with Crippen LogP contribution >= 0.6 is 31.9 Å².